The second-order valence-corrected chi connectivity index (χ2v) is 6.53. The van der Waals surface area contributed by atoms with Gasteiger partial charge in [-0.25, -0.2) is 0 Å². The van der Waals surface area contributed by atoms with E-state index < -0.39 is 0 Å². The minimum Gasteiger partial charge on any atom is -0.495 e. The number of aliphatic hydroxyl groups excluding tert-OH is 1. The molecule has 0 aliphatic rings. The van der Waals surface area contributed by atoms with Crippen LogP contribution in [0, 0.1) is 5.92 Å². The number of rotatable bonds is 9. The maximum absolute atomic E-state index is 12.1. The molecule has 23 heavy (non-hydrogen) atoms. The Balaban J connectivity index is 2.45. The van der Waals surface area contributed by atoms with Crippen LogP contribution in [0.15, 0.2) is 18.2 Å². The number of hydrogen-bond acceptors (Lipinski definition) is 4. The van der Waals surface area contributed by atoms with Gasteiger partial charge in [-0.15, -0.1) is 0 Å². The largest absolute Gasteiger partial charge is 0.495 e. The summed E-state index contributed by atoms with van der Waals surface area (Å²) < 4.78 is 5.21. The summed E-state index contributed by atoms with van der Waals surface area (Å²) in [6.45, 7) is 6.58. The van der Waals surface area contributed by atoms with Crippen molar-refractivity contribution in [1.29, 1.82) is 0 Å². The van der Waals surface area contributed by atoms with Crippen LogP contribution < -0.4 is 15.4 Å². The molecule has 0 radical (unpaired) electrons. The molecule has 0 aliphatic carbocycles. The average Bonchev–Trinajstić information content (AvgIpc) is 2.44. The lowest BCUT2D eigenvalue weighted by atomic mass is 10.0. The molecule has 0 fully saturated rings. The third-order valence-corrected chi connectivity index (χ3v) is 3.72. The van der Waals surface area contributed by atoms with Gasteiger partial charge < -0.3 is 20.5 Å². The summed E-state index contributed by atoms with van der Waals surface area (Å²) in [5, 5.41) is 16.0. The Bertz CT molecular complexity index is 509. The van der Waals surface area contributed by atoms with Crippen molar-refractivity contribution in [3.63, 3.8) is 0 Å². The van der Waals surface area contributed by atoms with Crippen LogP contribution in [0.2, 0.25) is 5.02 Å². The van der Waals surface area contributed by atoms with Crippen molar-refractivity contribution in [2.75, 3.05) is 19.0 Å². The summed E-state index contributed by atoms with van der Waals surface area (Å²) in [5.41, 5.74) is 0.569. The van der Waals surface area contributed by atoms with Crippen LogP contribution in [0.3, 0.4) is 0 Å². The van der Waals surface area contributed by atoms with Gasteiger partial charge in [0.25, 0.3) is 0 Å². The van der Waals surface area contributed by atoms with E-state index in [1.807, 2.05) is 6.92 Å². The van der Waals surface area contributed by atoms with E-state index in [4.69, 9.17) is 16.3 Å². The van der Waals surface area contributed by atoms with Gasteiger partial charge >= 0.3 is 0 Å². The SMILES string of the molecule is COc1ccc(Cl)cc1NC(=O)CC(C)NCC(C)CC(C)O. The second kappa shape index (κ2) is 9.75. The summed E-state index contributed by atoms with van der Waals surface area (Å²) in [7, 11) is 1.55. The van der Waals surface area contributed by atoms with Crippen LogP contribution in [0.25, 0.3) is 0 Å². The highest BCUT2D eigenvalue weighted by atomic mass is 35.5. The molecule has 0 spiro atoms. The monoisotopic (exact) mass is 342 g/mol. The highest BCUT2D eigenvalue weighted by Gasteiger charge is 2.13. The van der Waals surface area contributed by atoms with Gasteiger partial charge in [-0.1, -0.05) is 18.5 Å². The minimum absolute atomic E-state index is 0.0385. The molecule has 1 rings (SSSR count). The first-order chi connectivity index (χ1) is 10.8. The quantitative estimate of drug-likeness (QED) is 0.645. The Kier molecular flexibility index (Phi) is 8.37. The minimum atomic E-state index is -0.305. The number of halogens is 1. The lowest BCUT2D eigenvalue weighted by molar-refractivity contribution is -0.116. The third-order valence-electron chi connectivity index (χ3n) is 3.49. The van der Waals surface area contributed by atoms with Crippen LogP contribution in [-0.4, -0.2) is 36.8 Å². The van der Waals surface area contributed by atoms with E-state index in [0.717, 1.165) is 13.0 Å². The molecule has 1 aromatic carbocycles. The first-order valence-electron chi connectivity index (χ1n) is 7.86. The molecule has 3 atom stereocenters. The number of benzene rings is 1. The van der Waals surface area contributed by atoms with Crippen molar-refractivity contribution in [3.8, 4) is 5.75 Å². The molecule has 5 nitrogen and oxygen atoms in total. The molecule has 1 aromatic rings. The van der Waals surface area contributed by atoms with E-state index in [1.165, 1.54) is 0 Å². The first-order valence-corrected chi connectivity index (χ1v) is 8.24. The number of carbonyl (C=O) groups excluding carboxylic acids is 1. The predicted octanol–water partition coefficient (Wildman–Crippen LogP) is 3.06. The first kappa shape index (κ1) is 19.7. The third kappa shape index (κ3) is 7.68. The number of aliphatic hydroxyl groups is 1. The number of carbonyl (C=O) groups is 1. The molecule has 0 aromatic heterocycles. The standard InChI is InChI=1S/C17H27ClN2O3/c1-11(7-13(3)21)10-19-12(2)8-17(22)20-15-9-14(18)5-6-16(15)23-4/h5-6,9,11-13,19,21H,7-8,10H2,1-4H3,(H,20,22). The van der Waals surface area contributed by atoms with Gasteiger partial charge in [0.2, 0.25) is 5.91 Å². The van der Waals surface area contributed by atoms with Gasteiger partial charge in [0, 0.05) is 17.5 Å². The van der Waals surface area contributed by atoms with Gasteiger partial charge in [0.05, 0.1) is 18.9 Å². The normalized spacial score (nSPS) is 14.9. The molecule has 1 amide bonds. The Hall–Kier alpha value is -1.30. The van der Waals surface area contributed by atoms with Crippen molar-refractivity contribution >= 4 is 23.2 Å². The van der Waals surface area contributed by atoms with Crippen LogP contribution >= 0.6 is 11.6 Å². The molecule has 3 N–H and O–H groups in total. The molecular formula is C17H27ClN2O3. The Morgan fingerprint density at radius 2 is 2.04 bits per heavy atom. The lowest BCUT2D eigenvalue weighted by Gasteiger charge is -2.19. The lowest BCUT2D eigenvalue weighted by Crippen LogP contribution is -2.34. The van der Waals surface area contributed by atoms with Crippen molar-refractivity contribution in [2.45, 2.75) is 45.8 Å². The maximum Gasteiger partial charge on any atom is 0.226 e. The van der Waals surface area contributed by atoms with Crippen molar-refractivity contribution in [3.05, 3.63) is 23.2 Å². The number of amides is 1. The van der Waals surface area contributed by atoms with Crippen molar-refractivity contribution in [1.82, 2.24) is 5.32 Å². The molecule has 0 aliphatic heterocycles. The van der Waals surface area contributed by atoms with E-state index in [9.17, 15) is 9.90 Å². The molecule has 0 saturated carbocycles. The molecular weight excluding hydrogens is 316 g/mol. The molecule has 0 heterocycles. The van der Waals surface area contributed by atoms with Crippen LogP contribution in [0.4, 0.5) is 5.69 Å². The molecule has 130 valence electrons. The molecule has 6 heteroatoms. The van der Waals surface area contributed by atoms with Crippen molar-refractivity contribution < 1.29 is 14.6 Å². The molecule has 0 saturated heterocycles. The van der Waals surface area contributed by atoms with E-state index in [0.29, 0.717) is 28.8 Å². The fraction of sp³-hybridized carbons (Fsp3) is 0.588. The summed E-state index contributed by atoms with van der Waals surface area (Å²) >= 11 is 5.95. The zero-order chi connectivity index (χ0) is 17.4. The zero-order valence-corrected chi connectivity index (χ0v) is 15.0. The maximum atomic E-state index is 12.1. The number of ether oxygens (including phenoxy) is 1. The van der Waals surface area contributed by atoms with Crippen LogP contribution in [0.5, 0.6) is 5.75 Å². The Labute approximate surface area is 143 Å². The summed E-state index contributed by atoms with van der Waals surface area (Å²) in [6.07, 6.45) is 0.781. The summed E-state index contributed by atoms with van der Waals surface area (Å²) in [6, 6.07) is 5.14. The highest BCUT2D eigenvalue weighted by molar-refractivity contribution is 6.31. The predicted molar refractivity (Wildman–Crippen MR) is 94.2 cm³/mol. The number of nitrogens with one attached hydrogen (secondary N) is 2. The number of hydrogen-bond donors (Lipinski definition) is 3. The van der Waals surface area contributed by atoms with Gasteiger partial charge in [0.15, 0.2) is 0 Å². The van der Waals surface area contributed by atoms with Gasteiger partial charge in [0.1, 0.15) is 5.75 Å². The Morgan fingerprint density at radius 3 is 2.65 bits per heavy atom. The summed E-state index contributed by atoms with van der Waals surface area (Å²) in [4.78, 5) is 12.1. The van der Waals surface area contributed by atoms with Crippen LogP contribution in [0.1, 0.15) is 33.6 Å². The zero-order valence-electron chi connectivity index (χ0n) is 14.2. The van der Waals surface area contributed by atoms with E-state index in [2.05, 4.69) is 17.6 Å². The van der Waals surface area contributed by atoms with E-state index in [-0.39, 0.29) is 18.1 Å². The summed E-state index contributed by atoms with van der Waals surface area (Å²) in [5.74, 6) is 0.830. The van der Waals surface area contributed by atoms with Gasteiger partial charge in [-0.3, -0.25) is 4.79 Å². The van der Waals surface area contributed by atoms with Crippen LogP contribution in [-0.2, 0) is 4.79 Å². The average molecular weight is 343 g/mol. The number of methoxy groups -OCH3 is 1. The fourth-order valence-electron chi connectivity index (χ4n) is 2.40. The van der Waals surface area contributed by atoms with Gasteiger partial charge in [-0.2, -0.15) is 0 Å². The van der Waals surface area contributed by atoms with E-state index >= 15 is 0 Å². The Morgan fingerprint density at radius 1 is 1.35 bits per heavy atom. The fourth-order valence-corrected chi connectivity index (χ4v) is 2.57. The van der Waals surface area contributed by atoms with Crippen molar-refractivity contribution in [2.24, 2.45) is 5.92 Å². The molecule has 0 bridgehead atoms. The topological polar surface area (TPSA) is 70.6 Å². The number of anilines is 1. The highest BCUT2D eigenvalue weighted by Crippen LogP contribution is 2.27. The van der Waals surface area contributed by atoms with E-state index in [1.54, 1.807) is 32.2 Å². The molecule has 3 unspecified atom stereocenters. The smallest absolute Gasteiger partial charge is 0.226 e. The van der Waals surface area contributed by atoms with Gasteiger partial charge in [-0.05, 0) is 50.9 Å². The second-order valence-electron chi connectivity index (χ2n) is 6.10.